The first kappa shape index (κ1) is 23.8. The monoisotopic (exact) mass is 526 g/mol. The second-order valence-corrected chi connectivity index (χ2v) is 11.0. The first-order valence-corrected chi connectivity index (χ1v) is 14.3. The Morgan fingerprint density at radius 2 is 1.89 bits per heavy atom. The maximum Gasteiger partial charge on any atom is 0.222 e. The van der Waals surface area contributed by atoms with E-state index in [0.717, 1.165) is 39.8 Å². The van der Waals surface area contributed by atoms with Crippen molar-refractivity contribution in [3.8, 4) is 5.75 Å². The van der Waals surface area contributed by atoms with Gasteiger partial charge in [0.2, 0.25) is 10.9 Å². The van der Waals surface area contributed by atoms with Crippen LogP contribution in [0, 0.1) is 0 Å². The highest BCUT2D eigenvalue weighted by atomic mass is 32.2. The average Bonchev–Trinajstić information content (AvgIpc) is 3.42. The molecule has 0 radical (unpaired) electrons. The molecule has 5 rings (SSSR count). The minimum Gasteiger partial charge on any atom is -0.497 e. The van der Waals surface area contributed by atoms with E-state index in [1.165, 1.54) is 17.8 Å². The normalized spacial score (nSPS) is 14.1. The molecule has 1 fully saturated rings. The molecular weight excluding hydrogens is 501 g/mol. The van der Waals surface area contributed by atoms with Crippen molar-refractivity contribution in [2.45, 2.75) is 37.6 Å². The number of aromatic nitrogens is 2. The standard InChI is InChI=1S/C25H26N4O3S3/c1-32-21-4-2-3-17(12-21)11-20-14-34-25(26-20)28-22(23-15-33-24(27-23)18-7-8-18)13-16-5-9-19(10-6-16)29-35(30)31/h2-6,9-10,12,14-15,18,22,35H,7-8,11,13H2,1H3,(H,26,28)(H,29,30,31)/t22-/m0/s1. The first-order chi connectivity index (χ1) is 17.1. The summed E-state index contributed by atoms with van der Waals surface area (Å²) in [6.45, 7) is 0. The quantitative estimate of drug-likeness (QED) is 0.226. The first-order valence-electron chi connectivity index (χ1n) is 11.3. The molecule has 1 saturated carbocycles. The van der Waals surface area contributed by atoms with E-state index >= 15 is 0 Å². The summed E-state index contributed by atoms with van der Waals surface area (Å²) in [6.07, 6.45) is 3.89. The van der Waals surface area contributed by atoms with E-state index in [4.69, 9.17) is 14.7 Å². The number of nitrogens with one attached hydrogen (secondary N) is 2. The lowest BCUT2D eigenvalue weighted by molar-refractivity contribution is 0.414. The summed E-state index contributed by atoms with van der Waals surface area (Å²) in [4.78, 5) is 9.78. The fourth-order valence-corrected chi connectivity index (χ4v) is 6.03. The van der Waals surface area contributed by atoms with Crippen molar-refractivity contribution in [3.63, 3.8) is 0 Å². The third kappa shape index (κ3) is 6.39. The maximum atomic E-state index is 10.9. The molecule has 0 unspecified atom stereocenters. The second kappa shape index (κ2) is 10.8. The number of thiazole rings is 2. The molecule has 2 N–H and O–H groups in total. The molecule has 10 heteroatoms. The van der Waals surface area contributed by atoms with Gasteiger partial charge in [-0.1, -0.05) is 24.3 Å². The maximum absolute atomic E-state index is 10.9. The number of methoxy groups -OCH3 is 1. The van der Waals surface area contributed by atoms with Gasteiger partial charge in [0.15, 0.2) is 5.13 Å². The minimum atomic E-state index is -2.67. The van der Waals surface area contributed by atoms with Crippen LogP contribution in [0.25, 0.3) is 0 Å². The van der Waals surface area contributed by atoms with Gasteiger partial charge in [0, 0.05) is 28.8 Å². The van der Waals surface area contributed by atoms with E-state index in [1.807, 2.05) is 30.3 Å². The van der Waals surface area contributed by atoms with Crippen molar-refractivity contribution in [2.24, 2.45) is 0 Å². The van der Waals surface area contributed by atoms with Crippen LogP contribution in [0.3, 0.4) is 0 Å². The molecule has 0 saturated heterocycles. The largest absolute Gasteiger partial charge is 0.497 e. The SMILES string of the molecule is COc1cccc(Cc2csc(N[C@@H](Cc3ccc(N[SH](=O)=O)cc3)c3csc(C4CC4)n3)n2)c1. The van der Waals surface area contributed by atoms with Crippen LogP contribution in [0.1, 0.15) is 52.3 Å². The summed E-state index contributed by atoms with van der Waals surface area (Å²) in [6, 6.07) is 15.5. The van der Waals surface area contributed by atoms with Crippen molar-refractivity contribution in [3.05, 3.63) is 86.8 Å². The molecule has 182 valence electrons. The van der Waals surface area contributed by atoms with Crippen molar-refractivity contribution in [2.75, 3.05) is 17.1 Å². The molecule has 1 atom stereocenters. The van der Waals surface area contributed by atoms with Gasteiger partial charge in [0.05, 0.1) is 29.5 Å². The molecule has 7 nitrogen and oxygen atoms in total. The molecule has 0 aliphatic heterocycles. The summed E-state index contributed by atoms with van der Waals surface area (Å²) < 4.78 is 29.6. The third-order valence-electron chi connectivity index (χ3n) is 5.81. The Balaban J connectivity index is 1.33. The van der Waals surface area contributed by atoms with Gasteiger partial charge in [0.1, 0.15) is 5.75 Å². The van der Waals surface area contributed by atoms with E-state index in [-0.39, 0.29) is 6.04 Å². The molecule has 0 bridgehead atoms. The lowest BCUT2D eigenvalue weighted by Crippen LogP contribution is -2.14. The summed E-state index contributed by atoms with van der Waals surface area (Å²) in [7, 11) is -1.00. The van der Waals surface area contributed by atoms with E-state index in [2.05, 4.69) is 26.9 Å². The highest BCUT2D eigenvalue weighted by molar-refractivity contribution is 7.73. The molecular formula is C25H26N4O3S3. The van der Waals surface area contributed by atoms with Crippen LogP contribution in [-0.2, 0) is 23.7 Å². The van der Waals surface area contributed by atoms with Crippen molar-refractivity contribution < 1.29 is 13.2 Å². The van der Waals surface area contributed by atoms with Gasteiger partial charge >= 0.3 is 0 Å². The van der Waals surface area contributed by atoms with Crippen LogP contribution in [0.2, 0.25) is 0 Å². The van der Waals surface area contributed by atoms with E-state index in [1.54, 1.807) is 41.9 Å². The lowest BCUT2D eigenvalue weighted by atomic mass is 10.0. The Bertz CT molecular complexity index is 1350. The number of benzene rings is 2. The number of thiol groups is 1. The smallest absolute Gasteiger partial charge is 0.222 e. The molecule has 0 amide bonds. The molecule has 35 heavy (non-hydrogen) atoms. The zero-order chi connectivity index (χ0) is 24.2. The van der Waals surface area contributed by atoms with Crippen LogP contribution in [0.5, 0.6) is 5.75 Å². The molecule has 1 aliphatic rings. The van der Waals surface area contributed by atoms with Crippen LogP contribution in [0.15, 0.2) is 59.3 Å². The molecule has 2 heterocycles. The fourth-order valence-electron chi connectivity index (χ4n) is 3.86. The fraction of sp³-hybridized carbons (Fsp3) is 0.280. The Labute approximate surface area is 214 Å². The number of hydrogen-bond acceptors (Lipinski definition) is 8. The van der Waals surface area contributed by atoms with Gasteiger partial charge < -0.3 is 10.1 Å². The number of anilines is 2. The predicted molar refractivity (Wildman–Crippen MR) is 142 cm³/mol. The number of rotatable bonds is 11. The average molecular weight is 527 g/mol. The second-order valence-electron chi connectivity index (χ2n) is 8.52. The highest BCUT2D eigenvalue weighted by Gasteiger charge is 2.28. The summed E-state index contributed by atoms with van der Waals surface area (Å²) in [5.41, 5.74) is 4.82. The van der Waals surface area contributed by atoms with Gasteiger partial charge in [-0.05, 0) is 54.7 Å². The number of nitrogens with zero attached hydrogens (tertiary/aromatic N) is 2. The zero-order valence-electron chi connectivity index (χ0n) is 19.1. The minimum absolute atomic E-state index is 0.0375. The lowest BCUT2D eigenvalue weighted by Gasteiger charge is -2.17. The van der Waals surface area contributed by atoms with Crippen molar-refractivity contribution in [1.82, 2.24) is 9.97 Å². The van der Waals surface area contributed by atoms with Gasteiger partial charge in [-0.25, -0.2) is 18.4 Å². The molecule has 4 aromatic rings. The van der Waals surface area contributed by atoms with E-state index < -0.39 is 10.9 Å². The third-order valence-corrected chi connectivity index (χ3v) is 8.09. The van der Waals surface area contributed by atoms with Gasteiger partial charge in [0.25, 0.3) is 0 Å². The topological polar surface area (TPSA) is 93.2 Å². The summed E-state index contributed by atoms with van der Waals surface area (Å²) in [5, 5.41) is 9.91. The van der Waals surface area contributed by atoms with Crippen LogP contribution in [0.4, 0.5) is 10.8 Å². The molecule has 0 spiro atoms. The molecule has 2 aromatic carbocycles. The van der Waals surface area contributed by atoms with Gasteiger partial charge in [-0.15, -0.1) is 22.7 Å². The Kier molecular flexibility index (Phi) is 7.31. The van der Waals surface area contributed by atoms with Gasteiger partial charge in [-0.3, -0.25) is 4.72 Å². The van der Waals surface area contributed by atoms with E-state index in [9.17, 15) is 8.42 Å². The van der Waals surface area contributed by atoms with Crippen molar-refractivity contribution in [1.29, 1.82) is 0 Å². The molecule has 2 aromatic heterocycles. The van der Waals surface area contributed by atoms with Crippen LogP contribution in [-0.4, -0.2) is 25.5 Å². The Morgan fingerprint density at radius 3 is 2.63 bits per heavy atom. The Hall–Kier alpha value is -2.95. The number of hydrogen-bond donors (Lipinski definition) is 3. The summed E-state index contributed by atoms with van der Waals surface area (Å²) >= 11 is 3.32. The molecule has 1 aliphatic carbocycles. The van der Waals surface area contributed by atoms with E-state index in [0.29, 0.717) is 18.0 Å². The predicted octanol–water partition coefficient (Wildman–Crippen LogP) is 5.41. The van der Waals surface area contributed by atoms with Crippen LogP contribution < -0.4 is 14.8 Å². The van der Waals surface area contributed by atoms with Gasteiger partial charge in [-0.2, -0.15) is 0 Å². The Morgan fingerprint density at radius 1 is 1.06 bits per heavy atom. The summed E-state index contributed by atoms with van der Waals surface area (Å²) in [5.74, 6) is 1.46. The van der Waals surface area contributed by atoms with Crippen molar-refractivity contribution >= 4 is 44.4 Å². The zero-order valence-corrected chi connectivity index (χ0v) is 21.7. The van der Waals surface area contributed by atoms with Crippen LogP contribution >= 0.6 is 22.7 Å². The highest BCUT2D eigenvalue weighted by Crippen LogP contribution is 2.42. The number of ether oxygens (including phenoxy) is 1.